The highest BCUT2D eigenvalue weighted by molar-refractivity contribution is 5.84. The van der Waals surface area contributed by atoms with Crippen LogP contribution in [-0.4, -0.2) is 49.4 Å². The van der Waals surface area contributed by atoms with E-state index in [1.807, 2.05) is 18.2 Å². The van der Waals surface area contributed by atoms with Crippen LogP contribution in [0.1, 0.15) is 18.4 Å². The number of ether oxygens (including phenoxy) is 3. The van der Waals surface area contributed by atoms with Crippen LogP contribution in [0.3, 0.4) is 0 Å². The molecule has 4 rings (SSSR count). The Hall–Kier alpha value is -1.79. The maximum Gasteiger partial charge on any atom is 0.238 e. The summed E-state index contributed by atoms with van der Waals surface area (Å²) in [5.74, 6) is 1.69. The van der Waals surface area contributed by atoms with Crippen molar-refractivity contribution >= 4 is 5.91 Å². The van der Waals surface area contributed by atoms with Gasteiger partial charge < -0.3 is 19.5 Å². The van der Waals surface area contributed by atoms with Crippen LogP contribution in [0.15, 0.2) is 18.2 Å². The number of carbonyl (C=O) groups excluding carboxylic acids is 1. The highest BCUT2D eigenvalue weighted by atomic mass is 16.7. The van der Waals surface area contributed by atoms with E-state index < -0.39 is 0 Å². The van der Waals surface area contributed by atoms with E-state index in [-0.39, 0.29) is 24.8 Å². The summed E-state index contributed by atoms with van der Waals surface area (Å²) in [5.41, 5.74) is 1.14. The molecule has 1 aromatic rings. The molecule has 0 saturated carbocycles. The van der Waals surface area contributed by atoms with Crippen LogP contribution < -0.4 is 14.8 Å². The Morgan fingerprint density at radius 1 is 1.32 bits per heavy atom. The number of fused-ring (bicyclic) bond motifs is 1. The zero-order chi connectivity index (χ0) is 14.9. The molecule has 2 fully saturated rings. The van der Waals surface area contributed by atoms with Crippen molar-refractivity contribution in [2.75, 3.05) is 26.5 Å². The van der Waals surface area contributed by atoms with Gasteiger partial charge in [-0.1, -0.05) is 6.07 Å². The van der Waals surface area contributed by atoms with Crippen molar-refractivity contribution in [3.63, 3.8) is 0 Å². The molecule has 0 aromatic heterocycles. The van der Waals surface area contributed by atoms with Crippen molar-refractivity contribution in [1.29, 1.82) is 0 Å². The highest BCUT2D eigenvalue weighted by Gasteiger charge is 2.40. The predicted molar refractivity (Wildman–Crippen MR) is 78.7 cm³/mol. The molecule has 0 spiro atoms. The van der Waals surface area contributed by atoms with Gasteiger partial charge in [-0.2, -0.15) is 0 Å². The highest BCUT2D eigenvalue weighted by Crippen LogP contribution is 2.33. The summed E-state index contributed by atoms with van der Waals surface area (Å²) in [4.78, 5) is 14.2. The van der Waals surface area contributed by atoms with E-state index in [1.165, 1.54) is 0 Å². The standard InChI is InChI=1S/C16H20N2O4/c19-16(17-7-12-2-1-5-20-12)13-9-18(13)8-11-3-4-14-15(6-11)22-10-21-14/h3-4,6,12-13H,1-2,5,7-10H2,(H,17,19). The molecule has 1 N–H and O–H groups in total. The minimum absolute atomic E-state index is 0.00757. The van der Waals surface area contributed by atoms with Crippen LogP contribution in [-0.2, 0) is 16.1 Å². The number of nitrogens with zero attached hydrogens (tertiary/aromatic N) is 1. The first-order valence-corrected chi connectivity index (χ1v) is 7.81. The Morgan fingerprint density at radius 2 is 2.23 bits per heavy atom. The van der Waals surface area contributed by atoms with E-state index in [1.54, 1.807) is 0 Å². The van der Waals surface area contributed by atoms with E-state index in [2.05, 4.69) is 10.2 Å². The fourth-order valence-electron chi connectivity index (χ4n) is 3.01. The minimum atomic E-state index is -0.00757. The molecular formula is C16H20N2O4. The molecule has 0 bridgehead atoms. The Kier molecular flexibility index (Phi) is 3.63. The first-order chi connectivity index (χ1) is 10.8. The van der Waals surface area contributed by atoms with Crippen molar-refractivity contribution in [3.05, 3.63) is 23.8 Å². The summed E-state index contributed by atoms with van der Waals surface area (Å²) < 4.78 is 16.2. The van der Waals surface area contributed by atoms with Gasteiger partial charge in [0, 0.05) is 26.2 Å². The van der Waals surface area contributed by atoms with E-state index in [0.717, 1.165) is 49.6 Å². The molecule has 3 aliphatic rings. The average Bonchev–Trinajstić information content (AvgIpc) is 2.94. The molecule has 0 aliphatic carbocycles. The molecule has 3 aliphatic heterocycles. The largest absolute Gasteiger partial charge is 0.454 e. The molecule has 3 heterocycles. The van der Waals surface area contributed by atoms with E-state index >= 15 is 0 Å². The van der Waals surface area contributed by atoms with Gasteiger partial charge in [0.1, 0.15) is 6.04 Å². The number of carbonyl (C=O) groups is 1. The second kappa shape index (κ2) is 5.78. The molecule has 22 heavy (non-hydrogen) atoms. The lowest BCUT2D eigenvalue weighted by molar-refractivity contribution is -0.121. The van der Waals surface area contributed by atoms with E-state index in [0.29, 0.717) is 6.54 Å². The summed E-state index contributed by atoms with van der Waals surface area (Å²) in [6.07, 6.45) is 2.34. The number of hydrogen-bond acceptors (Lipinski definition) is 5. The number of amides is 1. The summed E-state index contributed by atoms with van der Waals surface area (Å²) in [7, 11) is 0. The van der Waals surface area contributed by atoms with Crippen LogP contribution in [0, 0.1) is 0 Å². The summed E-state index contributed by atoms with van der Waals surface area (Å²) in [5, 5.41) is 2.99. The molecule has 2 saturated heterocycles. The SMILES string of the molecule is O=C(NCC1CCCO1)C1CN1Cc1ccc2c(c1)OCO2. The van der Waals surface area contributed by atoms with Crippen LogP contribution in [0.25, 0.3) is 0 Å². The third kappa shape index (κ3) is 2.89. The van der Waals surface area contributed by atoms with Crippen LogP contribution in [0.2, 0.25) is 0 Å². The van der Waals surface area contributed by atoms with Crippen molar-refractivity contribution in [3.8, 4) is 11.5 Å². The third-order valence-electron chi connectivity index (χ3n) is 4.37. The van der Waals surface area contributed by atoms with Crippen molar-refractivity contribution < 1.29 is 19.0 Å². The molecule has 3 unspecified atom stereocenters. The van der Waals surface area contributed by atoms with Gasteiger partial charge in [-0.15, -0.1) is 0 Å². The van der Waals surface area contributed by atoms with Gasteiger partial charge in [0.15, 0.2) is 11.5 Å². The first kappa shape index (κ1) is 13.8. The van der Waals surface area contributed by atoms with Gasteiger partial charge in [0.05, 0.1) is 6.10 Å². The summed E-state index contributed by atoms with van der Waals surface area (Å²) >= 11 is 0. The van der Waals surface area contributed by atoms with Crippen molar-refractivity contribution in [1.82, 2.24) is 10.2 Å². The fourth-order valence-corrected chi connectivity index (χ4v) is 3.01. The molecule has 1 amide bonds. The van der Waals surface area contributed by atoms with Crippen LogP contribution in [0.4, 0.5) is 0 Å². The summed E-state index contributed by atoms with van der Waals surface area (Å²) in [6, 6.07) is 5.93. The maximum absolute atomic E-state index is 12.1. The molecule has 6 nitrogen and oxygen atoms in total. The molecule has 118 valence electrons. The molecule has 6 heteroatoms. The average molecular weight is 304 g/mol. The number of benzene rings is 1. The van der Waals surface area contributed by atoms with Gasteiger partial charge in [-0.3, -0.25) is 9.69 Å². The topological polar surface area (TPSA) is 59.8 Å². The maximum atomic E-state index is 12.1. The van der Waals surface area contributed by atoms with Gasteiger partial charge in [-0.25, -0.2) is 0 Å². The Bertz CT molecular complexity index is 571. The van der Waals surface area contributed by atoms with Crippen LogP contribution in [0.5, 0.6) is 11.5 Å². The number of hydrogen-bond donors (Lipinski definition) is 1. The molecule has 1 aromatic carbocycles. The number of rotatable bonds is 5. The zero-order valence-electron chi connectivity index (χ0n) is 12.4. The molecular weight excluding hydrogens is 284 g/mol. The minimum Gasteiger partial charge on any atom is -0.454 e. The summed E-state index contributed by atoms with van der Waals surface area (Å²) in [6.45, 7) is 3.31. The quantitative estimate of drug-likeness (QED) is 0.819. The first-order valence-electron chi connectivity index (χ1n) is 7.81. The second-order valence-corrected chi connectivity index (χ2v) is 6.01. The number of nitrogens with one attached hydrogen (secondary N) is 1. The van der Waals surface area contributed by atoms with Gasteiger partial charge >= 0.3 is 0 Å². The molecule has 3 atom stereocenters. The van der Waals surface area contributed by atoms with E-state index in [9.17, 15) is 4.79 Å². The lowest BCUT2D eigenvalue weighted by atomic mass is 10.2. The fraction of sp³-hybridized carbons (Fsp3) is 0.562. The monoisotopic (exact) mass is 304 g/mol. The van der Waals surface area contributed by atoms with Crippen LogP contribution >= 0.6 is 0 Å². The Morgan fingerprint density at radius 3 is 3.09 bits per heavy atom. The normalized spacial score (nSPS) is 28.6. The lowest BCUT2D eigenvalue weighted by Gasteiger charge is -2.11. The van der Waals surface area contributed by atoms with Crippen molar-refractivity contribution in [2.24, 2.45) is 0 Å². The Balaban J connectivity index is 1.26. The van der Waals surface area contributed by atoms with Gasteiger partial charge in [0.2, 0.25) is 12.7 Å². The smallest absolute Gasteiger partial charge is 0.238 e. The van der Waals surface area contributed by atoms with Gasteiger partial charge in [0.25, 0.3) is 0 Å². The predicted octanol–water partition coefficient (Wildman–Crippen LogP) is 0.895. The Labute approximate surface area is 129 Å². The zero-order valence-corrected chi connectivity index (χ0v) is 12.4. The second-order valence-electron chi connectivity index (χ2n) is 6.01. The van der Waals surface area contributed by atoms with E-state index in [4.69, 9.17) is 14.2 Å². The lowest BCUT2D eigenvalue weighted by Crippen LogP contribution is -2.35. The van der Waals surface area contributed by atoms with Crippen molar-refractivity contribution in [2.45, 2.75) is 31.5 Å². The molecule has 0 radical (unpaired) electrons. The third-order valence-corrected chi connectivity index (χ3v) is 4.37. The van der Waals surface area contributed by atoms with Gasteiger partial charge in [-0.05, 0) is 30.5 Å².